The third-order valence-corrected chi connectivity index (χ3v) is 10.1. The first-order chi connectivity index (χ1) is 17.0. The van der Waals surface area contributed by atoms with Crippen LogP contribution < -0.4 is 24.8 Å². The molecule has 0 aliphatic heterocycles. The molecule has 0 saturated heterocycles. The minimum Gasteiger partial charge on any atom is -1.00 e. The Hall–Kier alpha value is -0.660. The SMILES string of the molecule is C[Si]C.Cc1cc2cc3c(cc2[cH-]1)CC(C)(C)C3(C)C.Cc1cc2cc3c(cc2[cH-]1)CC(C)(C)C3(C)C.[Cl-].[Cl-].[Zr+4]. The molecule has 0 spiro atoms. The van der Waals surface area contributed by atoms with Crippen molar-refractivity contribution in [3.05, 3.63) is 81.9 Å². The number of aryl methyl sites for hydroxylation is 2. The van der Waals surface area contributed by atoms with Gasteiger partial charge < -0.3 is 24.8 Å². The summed E-state index contributed by atoms with van der Waals surface area (Å²) in [6, 6.07) is 18.9. The molecule has 4 aromatic carbocycles. The van der Waals surface area contributed by atoms with Crippen LogP contribution in [0.1, 0.15) is 88.8 Å². The maximum atomic E-state index is 2.42. The summed E-state index contributed by atoms with van der Waals surface area (Å²) in [5.41, 5.74) is 10.3. The largest absolute Gasteiger partial charge is 4.00 e. The van der Waals surface area contributed by atoms with Gasteiger partial charge in [-0.25, -0.2) is 0 Å². The van der Waals surface area contributed by atoms with Gasteiger partial charge in [0.15, 0.2) is 0 Å². The molecular formula is C36H48Cl2SiZr. The molecule has 4 heteroatoms. The minimum atomic E-state index is 0. The van der Waals surface area contributed by atoms with E-state index in [2.05, 4.69) is 131 Å². The van der Waals surface area contributed by atoms with Crippen molar-refractivity contribution in [2.24, 2.45) is 10.8 Å². The molecular weight excluding hydrogens is 623 g/mol. The van der Waals surface area contributed by atoms with Crippen LogP contribution in [0.25, 0.3) is 21.5 Å². The Kier molecular flexibility index (Phi) is 12.1. The Morgan fingerprint density at radius 2 is 0.875 bits per heavy atom. The van der Waals surface area contributed by atoms with E-state index in [1.54, 1.807) is 22.3 Å². The van der Waals surface area contributed by atoms with Crippen molar-refractivity contribution in [3.8, 4) is 0 Å². The third kappa shape index (κ3) is 6.46. The van der Waals surface area contributed by atoms with Crippen molar-refractivity contribution in [2.45, 2.75) is 106 Å². The maximum Gasteiger partial charge on any atom is 4.00 e. The number of benzene rings is 2. The van der Waals surface area contributed by atoms with Crippen LogP contribution in [-0.4, -0.2) is 9.52 Å². The number of fused-ring (bicyclic) bond motifs is 4. The first-order valence-electron chi connectivity index (χ1n) is 14.0. The van der Waals surface area contributed by atoms with Crippen molar-refractivity contribution in [1.82, 2.24) is 0 Å². The molecule has 0 atom stereocenters. The van der Waals surface area contributed by atoms with Gasteiger partial charge in [0, 0.05) is 9.52 Å². The van der Waals surface area contributed by atoms with Gasteiger partial charge in [-0.15, -0.1) is 69.1 Å². The molecule has 2 radical (unpaired) electrons. The number of hydrogen-bond acceptors (Lipinski definition) is 0. The molecule has 4 aromatic rings. The van der Waals surface area contributed by atoms with E-state index in [0.29, 0.717) is 10.8 Å². The number of halogens is 2. The van der Waals surface area contributed by atoms with Crippen LogP contribution in [0.4, 0.5) is 0 Å². The molecule has 0 N–H and O–H groups in total. The van der Waals surface area contributed by atoms with Crippen LogP contribution in [0.3, 0.4) is 0 Å². The second-order valence-corrected chi connectivity index (χ2v) is 15.2. The molecule has 0 heterocycles. The monoisotopic (exact) mass is 668 g/mol. The van der Waals surface area contributed by atoms with Crippen molar-refractivity contribution in [1.29, 1.82) is 0 Å². The van der Waals surface area contributed by atoms with Crippen LogP contribution in [0.15, 0.2) is 48.5 Å². The van der Waals surface area contributed by atoms with Gasteiger partial charge >= 0.3 is 26.2 Å². The molecule has 214 valence electrons. The Bertz CT molecular complexity index is 1340. The van der Waals surface area contributed by atoms with E-state index in [4.69, 9.17) is 0 Å². The van der Waals surface area contributed by atoms with Crippen LogP contribution in [-0.2, 0) is 49.9 Å². The van der Waals surface area contributed by atoms with Gasteiger partial charge in [-0.1, -0.05) is 105 Å². The first-order valence-corrected chi connectivity index (χ1v) is 16.0. The molecule has 0 saturated carbocycles. The summed E-state index contributed by atoms with van der Waals surface area (Å²) in [6.45, 7) is 27.8. The average Bonchev–Trinajstić information content (AvgIpc) is 3.40. The summed E-state index contributed by atoms with van der Waals surface area (Å²) in [7, 11) is 1.08. The van der Waals surface area contributed by atoms with Gasteiger partial charge in [0.05, 0.1) is 0 Å². The van der Waals surface area contributed by atoms with Crippen LogP contribution in [0, 0.1) is 24.7 Å². The van der Waals surface area contributed by atoms with Gasteiger partial charge in [-0.3, -0.25) is 0 Å². The first kappa shape index (κ1) is 37.4. The van der Waals surface area contributed by atoms with E-state index < -0.39 is 0 Å². The zero-order chi connectivity index (χ0) is 27.6. The Morgan fingerprint density at radius 3 is 1.18 bits per heavy atom. The summed E-state index contributed by atoms with van der Waals surface area (Å²) >= 11 is 0. The molecule has 0 nitrogen and oxygen atoms in total. The molecule has 0 unspecified atom stereocenters. The average molecular weight is 671 g/mol. The molecule has 2 aliphatic carbocycles. The fraction of sp³-hybridized carbons (Fsp3) is 0.500. The summed E-state index contributed by atoms with van der Waals surface area (Å²) in [5, 5.41) is 5.64. The predicted molar refractivity (Wildman–Crippen MR) is 167 cm³/mol. The minimum absolute atomic E-state index is 0. The summed E-state index contributed by atoms with van der Waals surface area (Å²) in [5.74, 6) is 0. The molecule has 2 aliphatic rings. The van der Waals surface area contributed by atoms with Gasteiger partial charge in [0.1, 0.15) is 0 Å². The quantitative estimate of drug-likeness (QED) is 0.194. The Labute approximate surface area is 279 Å². The van der Waals surface area contributed by atoms with Crippen LogP contribution in [0.5, 0.6) is 0 Å². The molecule has 0 aromatic heterocycles. The Morgan fingerprint density at radius 1 is 0.575 bits per heavy atom. The maximum absolute atomic E-state index is 2.42. The van der Waals surface area contributed by atoms with E-state index in [-0.39, 0.29) is 61.8 Å². The van der Waals surface area contributed by atoms with Crippen molar-refractivity contribution in [2.75, 3.05) is 0 Å². The van der Waals surface area contributed by atoms with Crippen molar-refractivity contribution in [3.63, 3.8) is 0 Å². The van der Waals surface area contributed by atoms with Gasteiger partial charge in [0.2, 0.25) is 0 Å². The summed E-state index contributed by atoms with van der Waals surface area (Å²) < 4.78 is 0. The van der Waals surface area contributed by atoms with Crippen molar-refractivity contribution >= 4 is 31.1 Å². The molecule has 0 bridgehead atoms. The second-order valence-electron chi connectivity index (χ2n) is 14.2. The molecule has 40 heavy (non-hydrogen) atoms. The normalized spacial score (nSPS) is 18.1. The van der Waals surface area contributed by atoms with Gasteiger partial charge in [0.25, 0.3) is 0 Å². The Balaban J connectivity index is 0.000000341. The smallest absolute Gasteiger partial charge is 1.00 e. The van der Waals surface area contributed by atoms with Crippen molar-refractivity contribution < 1.29 is 51.0 Å². The van der Waals surface area contributed by atoms with Gasteiger partial charge in [-0.05, 0) is 34.5 Å². The summed E-state index contributed by atoms with van der Waals surface area (Å²) in [4.78, 5) is 0. The summed E-state index contributed by atoms with van der Waals surface area (Å²) in [6.07, 6.45) is 2.41. The van der Waals surface area contributed by atoms with E-state index in [1.165, 1.54) is 45.5 Å². The van der Waals surface area contributed by atoms with Crippen LogP contribution >= 0.6 is 0 Å². The zero-order valence-electron chi connectivity index (χ0n) is 26.8. The standard InChI is InChI=1S/2C17H21.C2H6Si.2ClH.Zr/c2*1-11-6-12-8-14-10-16(2,3)17(4,5)15(14)9-13(12)7-11;1-3-2;;;/h2*6-9H,10H2,1-5H3;1-2H3;2*1H;/q2*-1;;;;+4/p-2. The molecule has 6 rings (SSSR count). The second kappa shape index (κ2) is 12.9. The fourth-order valence-corrected chi connectivity index (χ4v) is 6.50. The number of rotatable bonds is 0. The van der Waals surface area contributed by atoms with E-state index >= 15 is 0 Å². The van der Waals surface area contributed by atoms with Gasteiger partial charge in [-0.2, -0.15) is 12.1 Å². The van der Waals surface area contributed by atoms with E-state index in [1.807, 2.05) is 0 Å². The topological polar surface area (TPSA) is 0 Å². The van der Waals surface area contributed by atoms with Crippen LogP contribution in [0.2, 0.25) is 13.1 Å². The molecule has 0 amide bonds. The molecule has 0 fully saturated rings. The third-order valence-electron chi connectivity index (χ3n) is 10.1. The van der Waals surface area contributed by atoms with E-state index in [9.17, 15) is 0 Å². The number of hydrogen-bond donors (Lipinski definition) is 0. The van der Waals surface area contributed by atoms with E-state index in [0.717, 1.165) is 9.52 Å². The predicted octanol–water partition coefficient (Wildman–Crippen LogP) is 4.25. The fourth-order valence-electron chi connectivity index (χ4n) is 6.50. The zero-order valence-corrected chi connectivity index (χ0v) is 31.8.